The van der Waals surface area contributed by atoms with E-state index in [-0.39, 0.29) is 5.78 Å². The highest BCUT2D eigenvalue weighted by atomic mass is 19.1. The number of nitrogens with zero attached hydrogens (tertiary/aromatic N) is 1. The van der Waals surface area contributed by atoms with Crippen LogP contribution in [0.1, 0.15) is 27.4 Å². The lowest BCUT2D eigenvalue weighted by molar-refractivity contribution is 0.0978. The lowest BCUT2D eigenvalue weighted by Crippen LogP contribution is -2.11. The Morgan fingerprint density at radius 3 is 2.48 bits per heavy atom. The van der Waals surface area contributed by atoms with E-state index in [1.807, 2.05) is 13.0 Å². The first-order chi connectivity index (χ1) is 10.1. The van der Waals surface area contributed by atoms with E-state index < -0.39 is 11.7 Å². The second kappa shape index (κ2) is 6.19. The van der Waals surface area contributed by atoms with Gasteiger partial charge < -0.3 is 4.74 Å². The number of nitriles is 1. The van der Waals surface area contributed by atoms with Crippen LogP contribution >= 0.6 is 0 Å². The molecule has 0 radical (unpaired) electrons. The van der Waals surface area contributed by atoms with E-state index in [2.05, 4.69) is 0 Å². The largest absolute Gasteiger partial charge is 0.496 e. The Kier molecular flexibility index (Phi) is 4.34. The topological polar surface area (TPSA) is 50.1 Å². The molecule has 0 spiro atoms. The van der Waals surface area contributed by atoms with Crippen molar-refractivity contribution in [3.63, 3.8) is 0 Å². The number of ketones is 1. The fourth-order valence-corrected chi connectivity index (χ4v) is 2.08. The molecule has 0 saturated carbocycles. The van der Waals surface area contributed by atoms with Gasteiger partial charge >= 0.3 is 0 Å². The molecule has 0 N–H and O–H groups in total. The molecule has 3 nitrogen and oxygen atoms in total. The average Bonchev–Trinajstić information content (AvgIpc) is 2.50. The van der Waals surface area contributed by atoms with Crippen molar-refractivity contribution in [1.29, 1.82) is 5.26 Å². The molecule has 106 valence electrons. The van der Waals surface area contributed by atoms with Gasteiger partial charge in [-0.25, -0.2) is 4.39 Å². The van der Waals surface area contributed by atoms with Crippen LogP contribution in [0.25, 0.3) is 0 Å². The van der Waals surface area contributed by atoms with Gasteiger partial charge in [0, 0.05) is 5.56 Å². The van der Waals surface area contributed by atoms with Crippen molar-refractivity contribution in [2.24, 2.45) is 0 Å². The molecular formula is C17H14FNO2. The molecule has 0 fully saturated rings. The molecule has 21 heavy (non-hydrogen) atoms. The minimum Gasteiger partial charge on any atom is -0.496 e. The molecule has 0 saturated heterocycles. The summed E-state index contributed by atoms with van der Waals surface area (Å²) in [5.74, 6) is -1.10. The second-order valence-corrected chi connectivity index (χ2v) is 4.66. The summed E-state index contributed by atoms with van der Waals surface area (Å²) in [4.78, 5) is 12.5. The monoisotopic (exact) mass is 283 g/mol. The molecule has 2 aromatic rings. The van der Waals surface area contributed by atoms with Crippen LogP contribution in [0.15, 0.2) is 42.5 Å². The summed E-state index contributed by atoms with van der Waals surface area (Å²) in [5.41, 5.74) is 1.78. The number of ether oxygens (including phenoxy) is 1. The standard InChI is InChI=1S/C17H14FNO2/c1-11-3-4-13(9-16(11)21-2)17(20)15(10-19)12-5-7-14(18)8-6-12/h3-9,15H,1-2H3. The number of hydrogen-bond donors (Lipinski definition) is 0. The third-order valence-electron chi connectivity index (χ3n) is 3.29. The zero-order valence-electron chi connectivity index (χ0n) is 11.8. The summed E-state index contributed by atoms with van der Waals surface area (Å²) in [5, 5.41) is 9.27. The van der Waals surface area contributed by atoms with Gasteiger partial charge in [0.25, 0.3) is 0 Å². The first-order valence-electron chi connectivity index (χ1n) is 6.40. The van der Waals surface area contributed by atoms with Gasteiger partial charge in [-0.3, -0.25) is 4.79 Å². The third-order valence-corrected chi connectivity index (χ3v) is 3.29. The van der Waals surface area contributed by atoms with Gasteiger partial charge in [-0.15, -0.1) is 0 Å². The summed E-state index contributed by atoms with van der Waals surface area (Å²) in [6.07, 6.45) is 0. The quantitative estimate of drug-likeness (QED) is 0.805. The van der Waals surface area contributed by atoms with Gasteiger partial charge in [-0.05, 0) is 36.2 Å². The Hall–Kier alpha value is -2.67. The van der Waals surface area contributed by atoms with Crippen molar-refractivity contribution in [3.05, 3.63) is 65.0 Å². The Bertz CT molecular complexity index is 702. The maximum atomic E-state index is 12.9. The van der Waals surface area contributed by atoms with Crippen LogP contribution < -0.4 is 4.74 Å². The van der Waals surface area contributed by atoms with E-state index in [0.29, 0.717) is 16.9 Å². The van der Waals surface area contributed by atoms with Crippen LogP contribution in [0.2, 0.25) is 0 Å². The van der Waals surface area contributed by atoms with Crippen molar-refractivity contribution in [2.45, 2.75) is 12.8 Å². The van der Waals surface area contributed by atoms with E-state index in [4.69, 9.17) is 4.74 Å². The SMILES string of the molecule is COc1cc(C(=O)C(C#N)c2ccc(F)cc2)ccc1C. The number of halogens is 1. The fraction of sp³-hybridized carbons (Fsp3) is 0.176. The summed E-state index contributed by atoms with van der Waals surface area (Å²) in [6, 6.07) is 12.4. The van der Waals surface area contributed by atoms with Crippen LogP contribution in [-0.4, -0.2) is 12.9 Å². The van der Waals surface area contributed by atoms with Crippen molar-refractivity contribution in [2.75, 3.05) is 7.11 Å². The van der Waals surface area contributed by atoms with Gasteiger partial charge in [-0.1, -0.05) is 24.3 Å². The highest BCUT2D eigenvalue weighted by Crippen LogP contribution is 2.25. The van der Waals surface area contributed by atoms with Crippen molar-refractivity contribution in [1.82, 2.24) is 0 Å². The van der Waals surface area contributed by atoms with Crippen LogP contribution in [0.5, 0.6) is 5.75 Å². The van der Waals surface area contributed by atoms with E-state index in [1.54, 1.807) is 18.2 Å². The lowest BCUT2D eigenvalue weighted by atomic mass is 9.91. The zero-order chi connectivity index (χ0) is 15.4. The minimum absolute atomic E-state index is 0.331. The molecule has 4 heteroatoms. The van der Waals surface area contributed by atoms with Gasteiger partial charge in [-0.2, -0.15) is 5.26 Å². The average molecular weight is 283 g/mol. The molecule has 0 aliphatic carbocycles. The fourth-order valence-electron chi connectivity index (χ4n) is 2.08. The molecule has 0 aromatic heterocycles. The summed E-state index contributed by atoms with van der Waals surface area (Å²) in [7, 11) is 1.53. The molecule has 0 aliphatic heterocycles. The normalized spacial score (nSPS) is 11.5. The molecule has 0 aliphatic rings. The van der Waals surface area contributed by atoms with Gasteiger partial charge in [0.15, 0.2) is 5.78 Å². The number of rotatable bonds is 4. The summed E-state index contributed by atoms with van der Waals surface area (Å²) in [6.45, 7) is 1.87. The maximum absolute atomic E-state index is 12.9. The molecule has 0 bridgehead atoms. The smallest absolute Gasteiger partial charge is 0.184 e. The van der Waals surface area contributed by atoms with Crippen LogP contribution in [0.3, 0.4) is 0 Å². The Labute approximate surface area is 122 Å². The van der Waals surface area contributed by atoms with Crippen LogP contribution in [0, 0.1) is 24.1 Å². The summed E-state index contributed by atoms with van der Waals surface area (Å²) < 4.78 is 18.1. The minimum atomic E-state index is -0.960. The second-order valence-electron chi connectivity index (χ2n) is 4.66. The molecular weight excluding hydrogens is 269 g/mol. The number of carbonyl (C=O) groups is 1. The number of methoxy groups -OCH3 is 1. The van der Waals surface area contributed by atoms with Crippen LogP contribution in [-0.2, 0) is 0 Å². The first kappa shape index (κ1) is 14.7. The van der Waals surface area contributed by atoms with Crippen molar-refractivity contribution < 1.29 is 13.9 Å². The molecule has 2 aromatic carbocycles. The van der Waals surface area contributed by atoms with Crippen molar-refractivity contribution >= 4 is 5.78 Å². The van der Waals surface area contributed by atoms with Crippen LogP contribution in [0.4, 0.5) is 4.39 Å². The molecule has 1 unspecified atom stereocenters. The van der Waals surface area contributed by atoms with Gasteiger partial charge in [0.1, 0.15) is 17.5 Å². The molecule has 0 amide bonds. The number of carbonyl (C=O) groups excluding carboxylic acids is 1. The first-order valence-corrected chi connectivity index (χ1v) is 6.40. The Balaban J connectivity index is 2.37. The zero-order valence-corrected chi connectivity index (χ0v) is 11.8. The highest BCUT2D eigenvalue weighted by molar-refractivity contribution is 6.03. The highest BCUT2D eigenvalue weighted by Gasteiger charge is 2.22. The predicted molar refractivity (Wildman–Crippen MR) is 76.8 cm³/mol. The van der Waals surface area contributed by atoms with Gasteiger partial charge in [0.2, 0.25) is 0 Å². The van der Waals surface area contributed by atoms with E-state index in [1.165, 1.54) is 31.4 Å². The molecule has 2 rings (SSSR count). The Morgan fingerprint density at radius 2 is 1.90 bits per heavy atom. The number of aryl methyl sites for hydroxylation is 1. The third kappa shape index (κ3) is 3.09. The number of hydrogen-bond acceptors (Lipinski definition) is 3. The Morgan fingerprint density at radius 1 is 1.24 bits per heavy atom. The predicted octanol–water partition coefficient (Wildman–Crippen LogP) is 3.63. The van der Waals surface area contributed by atoms with E-state index in [9.17, 15) is 14.4 Å². The van der Waals surface area contributed by atoms with E-state index >= 15 is 0 Å². The van der Waals surface area contributed by atoms with E-state index in [0.717, 1.165) is 5.56 Å². The molecule has 1 atom stereocenters. The lowest BCUT2D eigenvalue weighted by Gasteiger charge is -2.11. The van der Waals surface area contributed by atoms with Crippen molar-refractivity contribution in [3.8, 4) is 11.8 Å². The van der Waals surface area contributed by atoms with Gasteiger partial charge in [0.05, 0.1) is 13.2 Å². The number of Topliss-reactive ketones (excluding diaryl/α,β-unsaturated/α-hetero) is 1. The molecule has 0 heterocycles. The number of benzene rings is 2. The summed E-state index contributed by atoms with van der Waals surface area (Å²) >= 11 is 0. The maximum Gasteiger partial charge on any atom is 0.184 e.